The van der Waals surface area contributed by atoms with Crippen LogP contribution >= 0.6 is 0 Å². The number of amidine groups is 1. The Morgan fingerprint density at radius 2 is 1.65 bits per heavy atom. The molecule has 4 N–H and O–H groups in total. The normalized spacial score (nSPS) is 10.6. The second-order valence-corrected chi connectivity index (χ2v) is 5.70. The molecule has 0 atom stereocenters. The fourth-order valence-corrected chi connectivity index (χ4v) is 2.52. The van der Waals surface area contributed by atoms with Gasteiger partial charge in [-0.1, -0.05) is 36.4 Å². The highest BCUT2D eigenvalue weighted by atomic mass is 16.4. The van der Waals surface area contributed by atoms with Crippen LogP contribution in [0.4, 0.5) is 0 Å². The van der Waals surface area contributed by atoms with E-state index in [-0.39, 0.29) is 24.5 Å². The van der Waals surface area contributed by atoms with E-state index in [9.17, 15) is 9.59 Å². The first-order valence-corrected chi connectivity index (χ1v) is 7.87. The van der Waals surface area contributed by atoms with Crippen LogP contribution < -0.4 is 11.4 Å². The van der Waals surface area contributed by atoms with E-state index in [1.54, 1.807) is 24.3 Å². The van der Waals surface area contributed by atoms with Crippen molar-refractivity contribution in [2.45, 2.75) is 13.0 Å². The summed E-state index contributed by atoms with van der Waals surface area (Å²) < 4.78 is 2.49. The third-order valence-corrected chi connectivity index (χ3v) is 3.94. The van der Waals surface area contributed by atoms with Gasteiger partial charge in [-0.15, -0.1) is 0 Å². The molecule has 0 saturated carbocycles. The van der Waals surface area contributed by atoms with Crippen molar-refractivity contribution in [2.24, 2.45) is 5.73 Å². The maximum Gasteiger partial charge on any atom is 0.350 e. The summed E-state index contributed by atoms with van der Waals surface area (Å²) >= 11 is 0. The fourth-order valence-electron chi connectivity index (χ4n) is 2.52. The number of nitrogens with one attached hydrogen (secondary N) is 1. The fraction of sp³-hybridized carbons (Fsp3) is 0.111. The summed E-state index contributed by atoms with van der Waals surface area (Å²) in [4.78, 5) is 22.9. The molecule has 0 unspecified atom stereocenters. The highest BCUT2D eigenvalue weighted by molar-refractivity contribution is 5.95. The van der Waals surface area contributed by atoms with Crippen molar-refractivity contribution in [2.75, 3.05) is 0 Å². The number of aromatic nitrogens is 3. The third-order valence-electron chi connectivity index (χ3n) is 3.94. The van der Waals surface area contributed by atoms with E-state index < -0.39 is 5.97 Å². The monoisotopic (exact) mass is 351 g/mol. The predicted molar refractivity (Wildman–Crippen MR) is 96.5 cm³/mol. The second-order valence-electron chi connectivity index (χ2n) is 5.70. The number of nitrogen functional groups attached to an aromatic ring is 1. The van der Waals surface area contributed by atoms with Gasteiger partial charge in [0.1, 0.15) is 12.2 Å². The molecule has 26 heavy (non-hydrogen) atoms. The Kier molecular flexibility index (Phi) is 4.66. The third kappa shape index (κ3) is 3.54. The average molecular weight is 351 g/mol. The van der Waals surface area contributed by atoms with Crippen molar-refractivity contribution in [3.63, 3.8) is 0 Å². The molecule has 0 spiro atoms. The molecule has 0 amide bonds. The minimum Gasteiger partial charge on any atom is -0.481 e. The van der Waals surface area contributed by atoms with Gasteiger partial charge in [-0.3, -0.25) is 14.8 Å². The van der Waals surface area contributed by atoms with E-state index >= 15 is 0 Å². The van der Waals surface area contributed by atoms with E-state index in [4.69, 9.17) is 16.2 Å². The van der Waals surface area contributed by atoms with Gasteiger partial charge < -0.3 is 10.8 Å². The van der Waals surface area contributed by atoms with Crippen molar-refractivity contribution >= 4 is 11.8 Å². The number of nitrogens with two attached hydrogens (primary N) is 1. The molecule has 0 radical (unpaired) electrons. The molecule has 8 nitrogen and oxygen atoms in total. The van der Waals surface area contributed by atoms with Gasteiger partial charge in [-0.25, -0.2) is 4.79 Å². The first-order chi connectivity index (χ1) is 12.5. The number of carboxylic acid groups (broad SMARTS) is 1. The molecule has 0 saturated heterocycles. The minimum absolute atomic E-state index is 0.0183. The Hall–Kier alpha value is -3.68. The first-order valence-electron chi connectivity index (χ1n) is 7.87. The molecule has 3 rings (SSSR count). The van der Waals surface area contributed by atoms with Crippen LogP contribution in [0.3, 0.4) is 0 Å². The number of rotatable bonds is 6. The average Bonchev–Trinajstić information content (AvgIpc) is 3.01. The number of hydrogen-bond donors (Lipinski definition) is 3. The van der Waals surface area contributed by atoms with E-state index in [0.29, 0.717) is 11.3 Å². The minimum atomic E-state index is -0.968. The van der Waals surface area contributed by atoms with Crippen molar-refractivity contribution in [1.82, 2.24) is 14.3 Å². The summed E-state index contributed by atoms with van der Waals surface area (Å²) in [6.45, 7) is 0.0781. The lowest BCUT2D eigenvalue weighted by Crippen LogP contribution is -2.24. The van der Waals surface area contributed by atoms with Gasteiger partial charge in [0.15, 0.2) is 0 Å². The van der Waals surface area contributed by atoms with Gasteiger partial charge >= 0.3 is 11.7 Å². The number of aryl methyl sites for hydroxylation is 1. The van der Waals surface area contributed by atoms with Crippen LogP contribution in [-0.4, -0.2) is 31.3 Å². The molecule has 0 fully saturated rings. The standard InChI is InChI=1S/C18H17N5O3/c19-17(20)14-3-1-12(2-4-14)13-5-7-15(8-6-13)23-18(26)22(11-21-23)10-9-16(24)25/h1-8,11H,9-10H2,(H3,19,20)(H,24,25). The number of benzene rings is 2. The van der Waals surface area contributed by atoms with Crippen LogP contribution in [0, 0.1) is 5.41 Å². The van der Waals surface area contributed by atoms with Crippen LogP contribution in [0.5, 0.6) is 0 Å². The molecular formula is C18H17N5O3. The Labute approximate surface area is 148 Å². The van der Waals surface area contributed by atoms with E-state index in [1.165, 1.54) is 15.6 Å². The Morgan fingerprint density at radius 1 is 1.08 bits per heavy atom. The molecule has 3 aromatic rings. The summed E-state index contributed by atoms with van der Waals surface area (Å²) in [6.07, 6.45) is 1.19. The number of aliphatic carboxylic acids is 1. The molecule has 0 aliphatic heterocycles. The summed E-state index contributed by atoms with van der Waals surface area (Å²) in [7, 11) is 0. The Balaban J connectivity index is 1.82. The summed E-state index contributed by atoms with van der Waals surface area (Å²) in [6, 6.07) is 14.6. The topological polar surface area (TPSA) is 127 Å². The smallest absolute Gasteiger partial charge is 0.350 e. The lowest BCUT2D eigenvalue weighted by atomic mass is 10.0. The zero-order valence-electron chi connectivity index (χ0n) is 13.8. The number of carboxylic acids is 1. The van der Waals surface area contributed by atoms with E-state index in [1.807, 2.05) is 24.3 Å². The summed E-state index contributed by atoms with van der Waals surface area (Å²) in [5.74, 6) is -0.949. The zero-order chi connectivity index (χ0) is 18.7. The largest absolute Gasteiger partial charge is 0.481 e. The Bertz CT molecular complexity index is 1000. The second kappa shape index (κ2) is 7.06. The SMILES string of the molecule is N=C(N)c1ccc(-c2ccc(-n3ncn(CCC(=O)O)c3=O)cc2)cc1. The summed E-state index contributed by atoms with van der Waals surface area (Å²) in [5.41, 5.74) is 8.22. The highest BCUT2D eigenvalue weighted by Gasteiger charge is 2.09. The number of hydrogen-bond acceptors (Lipinski definition) is 4. The molecule has 0 bridgehead atoms. The van der Waals surface area contributed by atoms with E-state index in [0.717, 1.165) is 11.1 Å². The van der Waals surface area contributed by atoms with Crippen LogP contribution in [0.1, 0.15) is 12.0 Å². The number of carbonyl (C=O) groups is 1. The van der Waals surface area contributed by atoms with Crippen molar-refractivity contribution < 1.29 is 9.90 Å². The van der Waals surface area contributed by atoms with Gasteiger partial charge in [-0.2, -0.15) is 9.78 Å². The van der Waals surface area contributed by atoms with Crippen molar-refractivity contribution in [3.05, 3.63) is 70.9 Å². The van der Waals surface area contributed by atoms with Crippen molar-refractivity contribution in [3.8, 4) is 16.8 Å². The lowest BCUT2D eigenvalue weighted by Gasteiger charge is -2.05. The lowest BCUT2D eigenvalue weighted by molar-refractivity contribution is -0.137. The molecule has 1 heterocycles. The van der Waals surface area contributed by atoms with Crippen LogP contribution in [0.2, 0.25) is 0 Å². The molecule has 2 aromatic carbocycles. The molecule has 8 heteroatoms. The Morgan fingerprint density at radius 3 is 2.19 bits per heavy atom. The molecular weight excluding hydrogens is 334 g/mol. The van der Waals surface area contributed by atoms with Crippen LogP contribution in [-0.2, 0) is 11.3 Å². The maximum absolute atomic E-state index is 12.3. The van der Waals surface area contributed by atoms with Gasteiger partial charge in [-0.05, 0) is 23.3 Å². The molecule has 0 aliphatic carbocycles. The van der Waals surface area contributed by atoms with E-state index in [2.05, 4.69) is 5.10 Å². The molecule has 132 valence electrons. The first kappa shape index (κ1) is 17.2. The van der Waals surface area contributed by atoms with Gasteiger partial charge in [0.05, 0.1) is 12.1 Å². The quantitative estimate of drug-likeness (QED) is 0.458. The summed E-state index contributed by atoms with van der Waals surface area (Å²) in [5, 5.41) is 20.2. The van der Waals surface area contributed by atoms with Crippen molar-refractivity contribution in [1.29, 1.82) is 5.41 Å². The molecule has 1 aromatic heterocycles. The van der Waals surface area contributed by atoms with Crippen LogP contribution in [0.25, 0.3) is 16.8 Å². The van der Waals surface area contributed by atoms with Gasteiger partial charge in [0, 0.05) is 12.1 Å². The zero-order valence-corrected chi connectivity index (χ0v) is 13.8. The molecule has 0 aliphatic rings. The van der Waals surface area contributed by atoms with Gasteiger partial charge in [0.2, 0.25) is 0 Å². The maximum atomic E-state index is 12.3. The highest BCUT2D eigenvalue weighted by Crippen LogP contribution is 2.21. The van der Waals surface area contributed by atoms with Crippen LogP contribution in [0.15, 0.2) is 59.7 Å². The van der Waals surface area contributed by atoms with Gasteiger partial charge in [0.25, 0.3) is 0 Å². The predicted octanol–water partition coefficient (Wildman–Crippen LogP) is 1.46. The number of nitrogens with zero attached hydrogens (tertiary/aromatic N) is 3.